The number of phenols is 1. The normalized spacial score (nSPS) is 11.1. The van der Waals surface area contributed by atoms with Gasteiger partial charge in [0.2, 0.25) is 0 Å². The molecule has 1 aromatic heterocycles. The third-order valence-corrected chi connectivity index (χ3v) is 3.39. The predicted octanol–water partition coefficient (Wildman–Crippen LogP) is 3.39. The monoisotopic (exact) mass is 256 g/mol. The van der Waals surface area contributed by atoms with Gasteiger partial charge < -0.3 is 9.67 Å². The third kappa shape index (κ3) is 1.76. The molecule has 4 heteroatoms. The highest BCUT2D eigenvalue weighted by atomic mass is 19.1. The maximum atomic E-state index is 13.2. The number of phenolic OH excluding ortho intramolecular Hbond substituents is 1. The van der Waals surface area contributed by atoms with Crippen molar-refractivity contribution in [2.45, 2.75) is 6.92 Å². The van der Waals surface area contributed by atoms with E-state index < -0.39 is 0 Å². The van der Waals surface area contributed by atoms with Crippen LogP contribution in [-0.4, -0.2) is 14.7 Å². The lowest BCUT2D eigenvalue weighted by molar-refractivity contribution is 0.471. The van der Waals surface area contributed by atoms with Crippen molar-refractivity contribution in [2.24, 2.45) is 7.05 Å². The lowest BCUT2D eigenvalue weighted by atomic mass is 10.1. The number of imidazole rings is 1. The molecule has 3 aromatic rings. The summed E-state index contributed by atoms with van der Waals surface area (Å²) in [7, 11) is 1.88. The van der Waals surface area contributed by atoms with Gasteiger partial charge in [0.05, 0.1) is 11.0 Å². The van der Waals surface area contributed by atoms with Gasteiger partial charge in [-0.2, -0.15) is 0 Å². The summed E-state index contributed by atoms with van der Waals surface area (Å²) in [5.41, 5.74) is 3.08. The van der Waals surface area contributed by atoms with Crippen LogP contribution < -0.4 is 0 Å². The summed E-state index contributed by atoms with van der Waals surface area (Å²) in [4.78, 5) is 4.46. The maximum Gasteiger partial charge on any atom is 0.141 e. The van der Waals surface area contributed by atoms with E-state index in [9.17, 15) is 9.50 Å². The van der Waals surface area contributed by atoms with E-state index in [1.54, 1.807) is 18.2 Å². The summed E-state index contributed by atoms with van der Waals surface area (Å²) in [5, 5.41) is 9.77. The number of benzene rings is 2. The Morgan fingerprint density at radius 3 is 2.79 bits per heavy atom. The highest BCUT2D eigenvalue weighted by molar-refractivity contribution is 5.81. The predicted molar refractivity (Wildman–Crippen MR) is 72.5 cm³/mol. The zero-order valence-electron chi connectivity index (χ0n) is 10.7. The summed E-state index contributed by atoms with van der Waals surface area (Å²) >= 11 is 0. The molecule has 0 aliphatic carbocycles. The summed E-state index contributed by atoms with van der Waals surface area (Å²) in [6, 6.07) is 9.85. The molecule has 0 spiro atoms. The van der Waals surface area contributed by atoms with Crippen molar-refractivity contribution in [3.63, 3.8) is 0 Å². The van der Waals surface area contributed by atoms with Crippen molar-refractivity contribution in [2.75, 3.05) is 0 Å². The van der Waals surface area contributed by atoms with E-state index in [1.807, 2.05) is 24.6 Å². The average molecular weight is 256 g/mol. The molecule has 0 aliphatic heterocycles. The fraction of sp³-hybridized carbons (Fsp3) is 0.133. The van der Waals surface area contributed by atoms with Crippen molar-refractivity contribution in [1.29, 1.82) is 0 Å². The minimum absolute atomic E-state index is 0.232. The van der Waals surface area contributed by atoms with Crippen LogP contribution >= 0.6 is 0 Å². The van der Waals surface area contributed by atoms with Crippen LogP contribution in [0.2, 0.25) is 0 Å². The number of halogens is 1. The molecule has 0 saturated heterocycles. The maximum absolute atomic E-state index is 13.2. The van der Waals surface area contributed by atoms with Crippen LogP contribution in [0.1, 0.15) is 5.56 Å². The lowest BCUT2D eigenvalue weighted by Gasteiger charge is -2.07. The molecule has 1 heterocycles. The highest BCUT2D eigenvalue weighted by Crippen LogP contribution is 2.30. The van der Waals surface area contributed by atoms with Crippen molar-refractivity contribution in [1.82, 2.24) is 9.55 Å². The zero-order chi connectivity index (χ0) is 13.6. The zero-order valence-corrected chi connectivity index (χ0v) is 10.7. The third-order valence-electron chi connectivity index (χ3n) is 3.39. The van der Waals surface area contributed by atoms with Crippen molar-refractivity contribution in [3.8, 4) is 17.1 Å². The van der Waals surface area contributed by atoms with Crippen LogP contribution in [-0.2, 0) is 7.05 Å². The minimum atomic E-state index is -0.301. The van der Waals surface area contributed by atoms with Crippen LogP contribution in [0.5, 0.6) is 5.75 Å². The van der Waals surface area contributed by atoms with Gasteiger partial charge in [0.1, 0.15) is 17.4 Å². The fourth-order valence-corrected chi connectivity index (χ4v) is 2.28. The lowest BCUT2D eigenvalue weighted by Crippen LogP contribution is -1.94. The fourth-order valence-electron chi connectivity index (χ4n) is 2.28. The van der Waals surface area contributed by atoms with Crippen molar-refractivity contribution in [3.05, 3.63) is 47.8 Å². The molecule has 0 bridgehead atoms. The summed E-state index contributed by atoms with van der Waals surface area (Å²) in [5.74, 6) is 0.648. The van der Waals surface area contributed by atoms with E-state index in [0.29, 0.717) is 11.3 Å². The molecule has 3 rings (SSSR count). The Morgan fingerprint density at radius 2 is 2.00 bits per heavy atom. The molecule has 0 aliphatic rings. The smallest absolute Gasteiger partial charge is 0.141 e. The molecule has 0 saturated carbocycles. The van der Waals surface area contributed by atoms with E-state index in [-0.39, 0.29) is 11.6 Å². The quantitative estimate of drug-likeness (QED) is 0.724. The minimum Gasteiger partial charge on any atom is -0.508 e. The first-order valence-electron chi connectivity index (χ1n) is 5.99. The number of hydrogen-bond donors (Lipinski definition) is 1. The number of aryl methyl sites for hydroxylation is 1. The molecule has 1 N–H and O–H groups in total. The van der Waals surface area contributed by atoms with Crippen LogP contribution in [0.3, 0.4) is 0 Å². The first-order chi connectivity index (χ1) is 9.08. The van der Waals surface area contributed by atoms with Crippen LogP contribution in [0.4, 0.5) is 4.39 Å². The first kappa shape index (κ1) is 11.7. The van der Waals surface area contributed by atoms with Gasteiger partial charge in [0.15, 0.2) is 0 Å². The van der Waals surface area contributed by atoms with Crippen molar-refractivity contribution < 1.29 is 9.50 Å². The van der Waals surface area contributed by atoms with Gasteiger partial charge >= 0.3 is 0 Å². The Labute approximate surface area is 109 Å². The Bertz CT molecular complexity index is 777. The summed E-state index contributed by atoms with van der Waals surface area (Å²) in [6.45, 7) is 1.84. The second kappa shape index (κ2) is 4.09. The molecule has 19 heavy (non-hydrogen) atoms. The molecule has 2 aromatic carbocycles. The van der Waals surface area contributed by atoms with Crippen LogP contribution in [0.25, 0.3) is 22.4 Å². The van der Waals surface area contributed by atoms with Gasteiger partial charge in [-0.1, -0.05) is 12.1 Å². The summed E-state index contributed by atoms with van der Waals surface area (Å²) < 4.78 is 15.1. The van der Waals surface area contributed by atoms with Gasteiger partial charge in [-0.3, -0.25) is 0 Å². The second-order valence-corrected chi connectivity index (χ2v) is 4.58. The Kier molecular flexibility index (Phi) is 2.52. The molecule has 0 fully saturated rings. The standard InChI is InChI=1S/C15H13FN2O/c1-9-11(4-3-5-14(9)19)15-17-12-8-10(16)6-7-13(12)18(15)2/h3-8,19H,1-2H3. The number of aromatic hydroxyl groups is 1. The Hall–Kier alpha value is -2.36. The number of nitrogens with zero attached hydrogens (tertiary/aromatic N) is 2. The van der Waals surface area contributed by atoms with Gasteiger partial charge in [0, 0.05) is 24.2 Å². The van der Waals surface area contributed by atoms with E-state index in [4.69, 9.17) is 0 Å². The van der Waals surface area contributed by atoms with Gasteiger partial charge in [0.25, 0.3) is 0 Å². The van der Waals surface area contributed by atoms with Crippen molar-refractivity contribution >= 4 is 11.0 Å². The van der Waals surface area contributed by atoms with E-state index >= 15 is 0 Å². The molecule has 3 nitrogen and oxygen atoms in total. The molecule has 96 valence electrons. The topological polar surface area (TPSA) is 38.1 Å². The number of hydrogen-bond acceptors (Lipinski definition) is 2. The Morgan fingerprint density at radius 1 is 1.21 bits per heavy atom. The Balaban J connectivity index is 2.31. The van der Waals surface area contributed by atoms with Crippen LogP contribution in [0, 0.1) is 12.7 Å². The highest BCUT2D eigenvalue weighted by Gasteiger charge is 2.13. The van der Waals surface area contributed by atoms with Gasteiger partial charge in [-0.05, 0) is 25.1 Å². The van der Waals surface area contributed by atoms with E-state index in [2.05, 4.69) is 4.98 Å². The molecular weight excluding hydrogens is 243 g/mol. The SMILES string of the molecule is Cc1c(O)cccc1-c1nc2cc(F)ccc2n1C. The molecule has 0 unspecified atom stereocenters. The number of aromatic nitrogens is 2. The largest absolute Gasteiger partial charge is 0.508 e. The van der Waals surface area contributed by atoms with Gasteiger partial charge in [-0.25, -0.2) is 9.37 Å². The molecular formula is C15H13FN2O. The first-order valence-corrected chi connectivity index (χ1v) is 5.99. The summed E-state index contributed by atoms with van der Waals surface area (Å²) in [6.07, 6.45) is 0. The average Bonchev–Trinajstić information content (AvgIpc) is 2.69. The van der Waals surface area contributed by atoms with E-state index in [0.717, 1.165) is 16.6 Å². The van der Waals surface area contributed by atoms with Gasteiger partial charge in [-0.15, -0.1) is 0 Å². The number of rotatable bonds is 1. The molecule has 0 amide bonds. The van der Waals surface area contributed by atoms with Crippen LogP contribution in [0.15, 0.2) is 36.4 Å². The van der Waals surface area contributed by atoms with E-state index in [1.165, 1.54) is 12.1 Å². The molecule has 0 atom stereocenters. The second-order valence-electron chi connectivity index (χ2n) is 4.58. The number of fused-ring (bicyclic) bond motifs is 1. The molecule has 0 radical (unpaired) electrons.